The van der Waals surface area contributed by atoms with E-state index in [1.807, 2.05) is 54.6 Å². The van der Waals surface area contributed by atoms with Gasteiger partial charge in [-0.1, -0.05) is 42.5 Å². The average molecular weight is 470 g/mol. The van der Waals surface area contributed by atoms with Crippen molar-refractivity contribution in [3.05, 3.63) is 114 Å². The first-order valence-corrected chi connectivity index (χ1v) is 11.6. The number of carbonyl (C=O) groups excluding carboxylic acids is 2. The van der Waals surface area contributed by atoms with Gasteiger partial charge < -0.3 is 10.3 Å². The van der Waals surface area contributed by atoms with Crippen molar-refractivity contribution in [3.63, 3.8) is 0 Å². The molecule has 7 rings (SSSR count). The lowest BCUT2D eigenvalue weighted by Gasteiger charge is -2.15. The van der Waals surface area contributed by atoms with Crippen LogP contribution in [0.25, 0.3) is 33.1 Å². The second-order valence-electron chi connectivity index (χ2n) is 8.82. The van der Waals surface area contributed by atoms with Crippen molar-refractivity contribution in [1.82, 2.24) is 19.7 Å². The van der Waals surface area contributed by atoms with E-state index in [0.717, 1.165) is 38.5 Å². The van der Waals surface area contributed by atoms with Gasteiger partial charge in [-0.25, -0.2) is 4.98 Å². The maximum absolute atomic E-state index is 13.8. The minimum Gasteiger partial charge on any atom is -0.346 e. The third-order valence-corrected chi connectivity index (χ3v) is 6.82. The Morgan fingerprint density at radius 2 is 1.78 bits per heavy atom. The number of aromatic amines is 1. The van der Waals surface area contributed by atoms with Gasteiger partial charge in [0.1, 0.15) is 5.65 Å². The highest BCUT2D eigenvalue weighted by Crippen LogP contribution is 2.43. The number of benzene rings is 3. The van der Waals surface area contributed by atoms with Crippen LogP contribution in [0, 0.1) is 0 Å². The van der Waals surface area contributed by atoms with Crippen LogP contribution < -0.4 is 5.32 Å². The van der Waals surface area contributed by atoms with Gasteiger partial charge in [-0.15, -0.1) is 0 Å². The Morgan fingerprint density at radius 3 is 2.72 bits per heavy atom. The molecule has 7 heteroatoms. The summed E-state index contributed by atoms with van der Waals surface area (Å²) in [7, 11) is 0. The highest BCUT2D eigenvalue weighted by molar-refractivity contribution is 6.14. The van der Waals surface area contributed by atoms with Gasteiger partial charge in [-0.2, -0.15) is 9.78 Å². The molecule has 7 nitrogen and oxygen atoms in total. The molecule has 0 fully saturated rings. The fourth-order valence-electron chi connectivity index (χ4n) is 5.14. The van der Waals surface area contributed by atoms with Gasteiger partial charge in [-0.05, 0) is 47.0 Å². The Balaban J connectivity index is 1.35. The van der Waals surface area contributed by atoms with Crippen molar-refractivity contribution in [2.75, 3.05) is 5.32 Å². The fraction of sp³-hybridized carbons (Fsp3) is 0.0345. The van der Waals surface area contributed by atoms with Crippen molar-refractivity contribution < 1.29 is 9.59 Å². The number of fused-ring (bicyclic) bond motifs is 5. The van der Waals surface area contributed by atoms with E-state index in [-0.39, 0.29) is 11.8 Å². The van der Waals surface area contributed by atoms with Crippen LogP contribution in [0.1, 0.15) is 31.8 Å². The number of rotatable bonds is 3. The van der Waals surface area contributed by atoms with E-state index < -0.39 is 0 Å². The Hall–Kier alpha value is -5.04. The molecule has 3 aromatic carbocycles. The van der Waals surface area contributed by atoms with Crippen molar-refractivity contribution in [2.24, 2.45) is 0 Å². The standard InChI is InChI=1S/C29H19N5O2/c35-28(21-12-14-31-27-20(21)11-13-30-27)33-24-10-9-22(26-19-7-3-1-5-17(19)15-23(24)26)29(36)34-25-8-4-2-6-18(25)16-32-34/h1-14,16H,15H2,(H,30,31)(H,33,35). The first-order valence-electron chi connectivity index (χ1n) is 11.6. The highest BCUT2D eigenvalue weighted by atomic mass is 16.2. The van der Waals surface area contributed by atoms with Crippen molar-refractivity contribution in [1.29, 1.82) is 0 Å². The molecule has 2 N–H and O–H groups in total. The molecule has 0 spiro atoms. The Morgan fingerprint density at radius 1 is 0.917 bits per heavy atom. The first-order chi connectivity index (χ1) is 17.7. The maximum Gasteiger partial charge on any atom is 0.279 e. The van der Waals surface area contributed by atoms with Gasteiger partial charge >= 0.3 is 0 Å². The first kappa shape index (κ1) is 20.3. The number of amides is 1. The van der Waals surface area contributed by atoms with Gasteiger partial charge in [0.15, 0.2) is 0 Å². The van der Waals surface area contributed by atoms with E-state index in [1.165, 1.54) is 4.68 Å². The topological polar surface area (TPSA) is 92.7 Å². The number of hydrogen-bond donors (Lipinski definition) is 2. The monoisotopic (exact) mass is 469 g/mol. The zero-order valence-corrected chi connectivity index (χ0v) is 19.0. The number of aromatic nitrogens is 4. The molecule has 0 atom stereocenters. The van der Waals surface area contributed by atoms with Crippen LogP contribution in [0.15, 0.2) is 91.4 Å². The zero-order valence-electron chi connectivity index (χ0n) is 19.0. The van der Waals surface area contributed by atoms with Crippen molar-refractivity contribution >= 4 is 39.4 Å². The summed E-state index contributed by atoms with van der Waals surface area (Å²) >= 11 is 0. The van der Waals surface area contributed by atoms with Gasteiger partial charge in [0, 0.05) is 40.8 Å². The molecule has 1 amide bonds. The number of pyridine rings is 1. The Labute approximate surface area is 205 Å². The number of anilines is 1. The maximum atomic E-state index is 13.8. The van der Waals surface area contributed by atoms with Crippen molar-refractivity contribution in [3.8, 4) is 11.1 Å². The Kier molecular flexibility index (Phi) is 4.38. The summed E-state index contributed by atoms with van der Waals surface area (Å²) in [4.78, 5) is 34.4. The molecule has 0 unspecified atom stereocenters. The van der Waals surface area contributed by atoms with Gasteiger partial charge in [0.25, 0.3) is 11.8 Å². The molecule has 0 bridgehead atoms. The number of H-pyrrole nitrogens is 1. The predicted octanol–water partition coefficient (Wildman–Crippen LogP) is 5.42. The predicted molar refractivity (Wildman–Crippen MR) is 138 cm³/mol. The number of para-hydroxylation sites is 1. The molecule has 6 aromatic rings. The van der Waals surface area contributed by atoms with Crippen LogP contribution in [0.4, 0.5) is 5.69 Å². The lowest BCUT2D eigenvalue weighted by Crippen LogP contribution is -2.17. The second-order valence-corrected chi connectivity index (χ2v) is 8.82. The lowest BCUT2D eigenvalue weighted by atomic mass is 9.97. The van der Waals surface area contributed by atoms with Crippen LogP contribution in [-0.4, -0.2) is 31.6 Å². The SMILES string of the molecule is O=C(Nc1ccc(C(=O)n2ncc3ccccc32)c2c1Cc1ccccc1-2)c1ccnc2[nH]ccc12. The van der Waals surface area contributed by atoms with E-state index in [4.69, 9.17) is 0 Å². The van der Waals surface area contributed by atoms with Crippen LogP contribution in [-0.2, 0) is 6.42 Å². The van der Waals surface area contributed by atoms with Gasteiger partial charge in [0.2, 0.25) is 0 Å². The van der Waals surface area contributed by atoms with Gasteiger partial charge in [0.05, 0.1) is 22.8 Å². The lowest BCUT2D eigenvalue weighted by molar-refractivity contribution is 0.0950. The summed E-state index contributed by atoms with van der Waals surface area (Å²) in [5, 5.41) is 9.13. The summed E-state index contributed by atoms with van der Waals surface area (Å²) in [5.41, 5.74) is 7.08. The van der Waals surface area contributed by atoms with Crippen LogP contribution in [0.2, 0.25) is 0 Å². The normalized spacial score (nSPS) is 12.0. The summed E-state index contributed by atoms with van der Waals surface area (Å²) in [6.07, 6.45) is 5.71. The minimum absolute atomic E-state index is 0.204. The van der Waals surface area contributed by atoms with E-state index in [2.05, 4.69) is 26.4 Å². The average Bonchev–Trinajstić information content (AvgIpc) is 3.65. The zero-order chi connectivity index (χ0) is 24.2. The molecule has 0 aliphatic heterocycles. The largest absolute Gasteiger partial charge is 0.346 e. The number of nitrogens with one attached hydrogen (secondary N) is 2. The van der Waals surface area contributed by atoms with E-state index in [0.29, 0.717) is 28.9 Å². The second kappa shape index (κ2) is 7.74. The Bertz CT molecular complexity index is 1850. The minimum atomic E-state index is -0.225. The summed E-state index contributed by atoms with van der Waals surface area (Å²) in [5.74, 6) is -0.428. The number of nitrogens with zero attached hydrogens (tertiary/aromatic N) is 3. The third kappa shape index (κ3) is 2.99. The van der Waals surface area contributed by atoms with Crippen LogP contribution in [0.5, 0.6) is 0 Å². The number of hydrogen-bond acceptors (Lipinski definition) is 4. The quantitative estimate of drug-likeness (QED) is 0.361. The summed E-state index contributed by atoms with van der Waals surface area (Å²) < 4.78 is 1.45. The van der Waals surface area contributed by atoms with E-state index in [9.17, 15) is 9.59 Å². The number of carbonyl (C=O) groups is 2. The highest BCUT2D eigenvalue weighted by Gasteiger charge is 2.28. The molecular formula is C29H19N5O2. The van der Waals surface area contributed by atoms with Crippen molar-refractivity contribution in [2.45, 2.75) is 6.42 Å². The van der Waals surface area contributed by atoms with E-state index >= 15 is 0 Å². The molecule has 36 heavy (non-hydrogen) atoms. The van der Waals surface area contributed by atoms with Crippen LogP contribution in [0.3, 0.4) is 0 Å². The summed E-state index contributed by atoms with van der Waals surface area (Å²) in [6, 6.07) is 22.8. The van der Waals surface area contributed by atoms with Gasteiger partial charge in [-0.3, -0.25) is 9.59 Å². The van der Waals surface area contributed by atoms with Crippen LogP contribution >= 0.6 is 0 Å². The molecule has 0 radical (unpaired) electrons. The third-order valence-electron chi connectivity index (χ3n) is 6.82. The van der Waals surface area contributed by atoms with E-state index in [1.54, 1.807) is 30.7 Å². The molecule has 1 aliphatic carbocycles. The molecule has 0 saturated heterocycles. The molecule has 172 valence electrons. The molecular weight excluding hydrogens is 450 g/mol. The summed E-state index contributed by atoms with van der Waals surface area (Å²) in [6.45, 7) is 0. The molecule has 3 heterocycles. The smallest absolute Gasteiger partial charge is 0.279 e. The molecule has 0 saturated carbocycles. The fourth-order valence-corrected chi connectivity index (χ4v) is 5.14. The molecule has 3 aromatic heterocycles. The molecule has 1 aliphatic rings.